The molecule has 3 aromatic rings. The number of hydrogen-bond acceptors (Lipinski definition) is 4. The minimum absolute atomic E-state index is 0.459. The highest BCUT2D eigenvalue weighted by atomic mass is 16.5. The number of carbonyl (C=O) groups is 1. The van der Waals surface area contributed by atoms with Gasteiger partial charge in [0, 0.05) is 42.2 Å². The third-order valence-corrected chi connectivity index (χ3v) is 3.87. The number of rotatable bonds is 5. The minimum atomic E-state index is -1.06. The zero-order chi connectivity index (χ0) is 17.8. The molecule has 3 rings (SSSR count). The van der Waals surface area contributed by atoms with Crippen molar-refractivity contribution in [3.63, 3.8) is 0 Å². The van der Waals surface area contributed by atoms with Crippen LogP contribution in [0.1, 0.15) is 22.8 Å². The molecule has 0 bridgehead atoms. The lowest BCUT2D eigenvalue weighted by atomic mass is 10.0. The van der Waals surface area contributed by atoms with Crippen molar-refractivity contribution in [1.82, 2.24) is 9.97 Å². The van der Waals surface area contributed by atoms with Gasteiger partial charge in [0.15, 0.2) is 6.10 Å². The molecule has 1 atom stereocenters. The van der Waals surface area contributed by atoms with Crippen LogP contribution in [-0.2, 0) is 9.53 Å². The molecule has 0 saturated heterocycles. The molecule has 0 saturated carbocycles. The van der Waals surface area contributed by atoms with Crippen LogP contribution in [0, 0.1) is 11.3 Å². The van der Waals surface area contributed by atoms with E-state index in [9.17, 15) is 15.2 Å². The van der Waals surface area contributed by atoms with Gasteiger partial charge in [0.05, 0.1) is 11.6 Å². The van der Waals surface area contributed by atoms with Gasteiger partial charge in [-0.2, -0.15) is 5.26 Å². The molecule has 124 valence electrons. The highest BCUT2D eigenvalue weighted by molar-refractivity contribution is 6.01. The topological polar surface area (TPSA) is 99.0 Å². The summed E-state index contributed by atoms with van der Waals surface area (Å²) in [5.41, 5.74) is 3.29. The third kappa shape index (κ3) is 3.27. The number of aromatic nitrogens is 2. The van der Waals surface area contributed by atoms with Crippen LogP contribution in [0.3, 0.4) is 0 Å². The van der Waals surface area contributed by atoms with Crippen LogP contribution in [-0.4, -0.2) is 28.2 Å². The zero-order valence-electron chi connectivity index (χ0n) is 13.4. The number of nitriles is 1. The fourth-order valence-electron chi connectivity index (χ4n) is 2.70. The van der Waals surface area contributed by atoms with E-state index < -0.39 is 12.1 Å². The first kappa shape index (κ1) is 16.4. The van der Waals surface area contributed by atoms with Crippen LogP contribution in [0.15, 0.2) is 48.9 Å². The van der Waals surface area contributed by atoms with Gasteiger partial charge in [0.25, 0.3) is 0 Å². The molecular weight excluding hydrogens is 318 g/mol. The molecule has 2 aromatic heterocycles. The number of carboxylic acid groups (broad SMARTS) is 1. The van der Waals surface area contributed by atoms with Gasteiger partial charge in [-0.3, -0.25) is 4.98 Å². The molecule has 1 aromatic carbocycles. The predicted octanol–water partition coefficient (Wildman–Crippen LogP) is 3.40. The molecule has 2 N–H and O–H groups in total. The number of H-pyrrole nitrogens is 1. The average molecular weight is 333 g/mol. The molecule has 25 heavy (non-hydrogen) atoms. The molecule has 0 aliphatic rings. The van der Waals surface area contributed by atoms with Gasteiger partial charge in [-0.25, -0.2) is 4.79 Å². The van der Waals surface area contributed by atoms with Gasteiger partial charge < -0.3 is 14.8 Å². The van der Waals surface area contributed by atoms with Gasteiger partial charge in [-0.1, -0.05) is 12.1 Å². The SMILES string of the molecule is COC(C(=O)O)c1ccc2[nH]cc(/C(C#N)=C/c3cccnc3)c2c1. The normalized spacial score (nSPS) is 12.7. The maximum Gasteiger partial charge on any atom is 0.337 e. The van der Waals surface area contributed by atoms with E-state index in [1.54, 1.807) is 48.9 Å². The summed E-state index contributed by atoms with van der Waals surface area (Å²) < 4.78 is 5.05. The second-order valence-electron chi connectivity index (χ2n) is 5.42. The van der Waals surface area contributed by atoms with Crippen LogP contribution < -0.4 is 0 Å². The highest BCUT2D eigenvalue weighted by Crippen LogP contribution is 2.29. The number of allylic oxidation sites excluding steroid dienone is 1. The highest BCUT2D eigenvalue weighted by Gasteiger charge is 2.20. The number of ether oxygens (including phenoxy) is 1. The molecule has 0 fully saturated rings. The van der Waals surface area contributed by atoms with Gasteiger partial charge >= 0.3 is 5.97 Å². The number of methoxy groups -OCH3 is 1. The van der Waals surface area contributed by atoms with Crippen LogP contribution >= 0.6 is 0 Å². The van der Waals surface area contributed by atoms with E-state index in [-0.39, 0.29) is 0 Å². The number of benzene rings is 1. The van der Waals surface area contributed by atoms with Gasteiger partial charge in [0.1, 0.15) is 0 Å². The lowest BCUT2D eigenvalue weighted by Crippen LogP contribution is -2.13. The summed E-state index contributed by atoms with van der Waals surface area (Å²) in [6.07, 6.45) is 5.76. The quantitative estimate of drug-likeness (QED) is 0.697. The number of pyridine rings is 1. The van der Waals surface area contributed by atoms with Crippen LogP contribution in [0.2, 0.25) is 0 Å². The Labute approximate surface area is 144 Å². The lowest BCUT2D eigenvalue weighted by molar-refractivity contribution is -0.148. The Balaban J connectivity index is 2.11. The van der Waals surface area contributed by atoms with E-state index in [1.165, 1.54) is 7.11 Å². The predicted molar refractivity (Wildman–Crippen MR) is 93.4 cm³/mol. The van der Waals surface area contributed by atoms with E-state index in [1.807, 2.05) is 6.07 Å². The summed E-state index contributed by atoms with van der Waals surface area (Å²) in [6, 6.07) is 11.1. The molecule has 6 heteroatoms. The third-order valence-electron chi connectivity index (χ3n) is 3.87. The van der Waals surface area contributed by atoms with Gasteiger partial charge in [0.2, 0.25) is 0 Å². The van der Waals surface area contributed by atoms with E-state index in [4.69, 9.17) is 4.74 Å². The molecule has 0 aliphatic heterocycles. The van der Waals surface area contributed by atoms with Crippen LogP contribution in [0.25, 0.3) is 22.6 Å². The second-order valence-corrected chi connectivity index (χ2v) is 5.42. The number of nitrogens with one attached hydrogen (secondary N) is 1. The lowest BCUT2D eigenvalue weighted by Gasteiger charge is -2.11. The Bertz CT molecular complexity index is 984. The summed E-state index contributed by atoms with van der Waals surface area (Å²) in [4.78, 5) is 18.5. The van der Waals surface area contributed by atoms with Gasteiger partial charge in [-0.05, 0) is 35.4 Å². The first-order valence-electron chi connectivity index (χ1n) is 7.53. The summed E-state index contributed by atoms with van der Waals surface area (Å²) >= 11 is 0. The van der Waals surface area contributed by atoms with Gasteiger partial charge in [-0.15, -0.1) is 0 Å². The number of aliphatic carboxylic acids is 1. The van der Waals surface area contributed by atoms with Crippen molar-refractivity contribution in [2.45, 2.75) is 6.10 Å². The molecule has 0 amide bonds. The Morgan fingerprint density at radius 2 is 2.28 bits per heavy atom. The standard InChI is InChI=1S/C19H15N3O3/c1-25-18(19(23)24)13-4-5-17-15(8-13)16(11-22-17)14(9-20)7-12-3-2-6-21-10-12/h2-8,10-11,18,22H,1H3,(H,23,24)/b14-7+. The van der Waals surface area contributed by atoms with E-state index in [0.717, 1.165) is 16.5 Å². The number of nitrogens with zero attached hydrogens (tertiary/aromatic N) is 2. The fourth-order valence-corrected chi connectivity index (χ4v) is 2.70. The largest absolute Gasteiger partial charge is 0.479 e. The molecule has 0 radical (unpaired) electrons. The van der Waals surface area contributed by atoms with E-state index in [0.29, 0.717) is 16.7 Å². The number of fused-ring (bicyclic) bond motifs is 1. The molecule has 0 aliphatic carbocycles. The summed E-state index contributed by atoms with van der Waals surface area (Å²) in [7, 11) is 1.35. The monoisotopic (exact) mass is 333 g/mol. The first-order valence-corrected chi connectivity index (χ1v) is 7.53. The molecule has 1 unspecified atom stereocenters. The molecule has 0 spiro atoms. The molecule has 6 nitrogen and oxygen atoms in total. The summed E-state index contributed by atoms with van der Waals surface area (Å²) in [6.45, 7) is 0. The Hall–Kier alpha value is -3.43. The summed E-state index contributed by atoms with van der Waals surface area (Å²) in [5.74, 6) is -1.06. The van der Waals surface area contributed by atoms with Crippen LogP contribution in [0.4, 0.5) is 0 Å². The van der Waals surface area contributed by atoms with E-state index in [2.05, 4.69) is 16.0 Å². The van der Waals surface area contributed by atoms with Crippen LogP contribution in [0.5, 0.6) is 0 Å². The Kier molecular flexibility index (Phi) is 4.59. The molecule has 2 heterocycles. The summed E-state index contributed by atoms with van der Waals surface area (Å²) in [5, 5.41) is 19.6. The van der Waals surface area contributed by atoms with Crippen molar-refractivity contribution in [3.8, 4) is 6.07 Å². The van der Waals surface area contributed by atoms with Crippen molar-refractivity contribution in [1.29, 1.82) is 5.26 Å². The maximum absolute atomic E-state index is 11.3. The van der Waals surface area contributed by atoms with Crippen molar-refractivity contribution in [2.24, 2.45) is 0 Å². The molecular formula is C19H15N3O3. The number of carboxylic acids is 1. The number of hydrogen-bond donors (Lipinski definition) is 2. The van der Waals surface area contributed by atoms with Crippen molar-refractivity contribution in [3.05, 3.63) is 65.6 Å². The van der Waals surface area contributed by atoms with E-state index >= 15 is 0 Å². The Morgan fingerprint density at radius 1 is 1.44 bits per heavy atom. The second kappa shape index (κ2) is 6.99. The Morgan fingerprint density at radius 3 is 2.92 bits per heavy atom. The van der Waals surface area contributed by atoms with Crippen molar-refractivity contribution < 1.29 is 14.6 Å². The first-order chi connectivity index (χ1) is 12.1. The maximum atomic E-state index is 11.3. The number of aromatic amines is 1. The fraction of sp³-hybridized carbons (Fsp3) is 0.105. The smallest absolute Gasteiger partial charge is 0.337 e. The van der Waals surface area contributed by atoms with Crippen molar-refractivity contribution in [2.75, 3.05) is 7.11 Å². The zero-order valence-corrected chi connectivity index (χ0v) is 13.4. The average Bonchev–Trinajstić information content (AvgIpc) is 3.04. The van der Waals surface area contributed by atoms with Crippen molar-refractivity contribution >= 4 is 28.5 Å². The minimum Gasteiger partial charge on any atom is -0.479 e.